The molecule has 0 saturated carbocycles. The molecule has 0 radical (unpaired) electrons. The van der Waals surface area contributed by atoms with Crippen LogP contribution >= 0.6 is 0 Å². The van der Waals surface area contributed by atoms with E-state index in [0.717, 1.165) is 0 Å². The Morgan fingerprint density at radius 2 is 1.86 bits per heavy atom. The van der Waals surface area contributed by atoms with E-state index in [1.807, 2.05) is 0 Å². The highest BCUT2D eigenvalue weighted by Gasteiger charge is 2.16. The van der Waals surface area contributed by atoms with Gasteiger partial charge in [-0.15, -0.1) is 0 Å². The first-order valence-corrected chi connectivity index (χ1v) is 4.57. The smallest absolute Gasteiger partial charge is 0.237 e. The fourth-order valence-electron chi connectivity index (χ4n) is 0.954. The first kappa shape index (κ1) is 13.0. The highest BCUT2D eigenvalue weighted by molar-refractivity contribution is 5.84. The van der Waals surface area contributed by atoms with E-state index < -0.39 is 12.1 Å². The van der Waals surface area contributed by atoms with Gasteiger partial charge in [-0.1, -0.05) is 0 Å². The van der Waals surface area contributed by atoms with Crippen molar-refractivity contribution in [1.29, 1.82) is 0 Å². The summed E-state index contributed by atoms with van der Waals surface area (Å²) < 4.78 is 0. The quantitative estimate of drug-likeness (QED) is 0.345. The van der Waals surface area contributed by atoms with Gasteiger partial charge in [-0.3, -0.25) is 4.79 Å². The van der Waals surface area contributed by atoms with Gasteiger partial charge in [-0.2, -0.15) is 0 Å². The molecular formula is C8H18N4O2. The van der Waals surface area contributed by atoms with Crippen molar-refractivity contribution >= 4 is 12.2 Å². The second-order valence-corrected chi connectivity index (χ2v) is 3.01. The molecule has 0 fully saturated rings. The molecular weight excluding hydrogens is 184 g/mol. The molecule has 6 nitrogen and oxygen atoms in total. The first-order chi connectivity index (χ1) is 6.65. The van der Waals surface area contributed by atoms with E-state index in [1.165, 1.54) is 0 Å². The van der Waals surface area contributed by atoms with Gasteiger partial charge in [0.2, 0.25) is 5.91 Å². The van der Waals surface area contributed by atoms with Crippen LogP contribution in [-0.4, -0.2) is 37.4 Å². The lowest BCUT2D eigenvalue weighted by atomic mass is 10.1. The summed E-state index contributed by atoms with van der Waals surface area (Å²) in [5.74, 6) is -0.360. The molecule has 0 aliphatic heterocycles. The molecule has 82 valence electrons. The fourth-order valence-corrected chi connectivity index (χ4v) is 0.954. The van der Waals surface area contributed by atoms with Crippen molar-refractivity contribution in [2.45, 2.75) is 24.9 Å². The summed E-state index contributed by atoms with van der Waals surface area (Å²) in [5.41, 5.74) is 16.0. The molecule has 0 bridgehead atoms. The number of aldehydes is 1. The van der Waals surface area contributed by atoms with Gasteiger partial charge in [0.1, 0.15) is 6.29 Å². The average Bonchev–Trinajstić information content (AvgIpc) is 2.17. The van der Waals surface area contributed by atoms with E-state index in [9.17, 15) is 9.59 Å². The van der Waals surface area contributed by atoms with Crippen LogP contribution in [0.2, 0.25) is 0 Å². The monoisotopic (exact) mass is 202 g/mol. The predicted octanol–water partition coefficient (Wildman–Crippen LogP) is -2.30. The van der Waals surface area contributed by atoms with Crippen molar-refractivity contribution in [3.8, 4) is 0 Å². The standard InChI is InChI=1S/C8H18N4O2/c9-3-1-6(5-13)12-8(14)7(11)2-4-10/h5-7H,1-4,9-11H2,(H,12,14)/t6-,7-/m1/s1. The Morgan fingerprint density at radius 3 is 2.29 bits per heavy atom. The highest BCUT2D eigenvalue weighted by atomic mass is 16.2. The van der Waals surface area contributed by atoms with Gasteiger partial charge in [0.05, 0.1) is 12.1 Å². The fraction of sp³-hybridized carbons (Fsp3) is 0.750. The second-order valence-electron chi connectivity index (χ2n) is 3.01. The lowest BCUT2D eigenvalue weighted by Crippen LogP contribution is -2.47. The van der Waals surface area contributed by atoms with Crippen LogP contribution in [0.15, 0.2) is 0 Å². The number of nitrogens with one attached hydrogen (secondary N) is 1. The first-order valence-electron chi connectivity index (χ1n) is 4.57. The molecule has 0 aromatic carbocycles. The third-order valence-corrected chi connectivity index (χ3v) is 1.78. The van der Waals surface area contributed by atoms with Gasteiger partial charge in [-0.05, 0) is 25.9 Å². The van der Waals surface area contributed by atoms with Crippen LogP contribution in [0, 0.1) is 0 Å². The van der Waals surface area contributed by atoms with E-state index in [2.05, 4.69) is 5.32 Å². The Balaban J connectivity index is 3.94. The zero-order chi connectivity index (χ0) is 11.0. The third kappa shape index (κ3) is 4.90. The Hall–Kier alpha value is -0.980. The number of hydrogen-bond acceptors (Lipinski definition) is 5. The summed E-state index contributed by atoms with van der Waals surface area (Å²) in [6.07, 6.45) is 1.48. The van der Waals surface area contributed by atoms with E-state index in [4.69, 9.17) is 17.2 Å². The van der Waals surface area contributed by atoms with Crippen molar-refractivity contribution in [2.24, 2.45) is 17.2 Å². The lowest BCUT2D eigenvalue weighted by molar-refractivity contribution is -0.125. The zero-order valence-corrected chi connectivity index (χ0v) is 8.11. The maximum absolute atomic E-state index is 11.3. The highest BCUT2D eigenvalue weighted by Crippen LogP contribution is 1.90. The molecule has 0 aliphatic rings. The minimum absolute atomic E-state index is 0.343. The zero-order valence-electron chi connectivity index (χ0n) is 8.11. The maximum atomic E-state index is 11.3. The molecule has 1 amide bonds. The third-order valence-electron chi connectivity index (χ3n) is 1.78. The number of carbonyl (C=O) groups is 2. The summed E-state index contributed by atoms with van der Waals surface area (Å²) in [4.78, 5) is 21.8. The van der Waals surface area contributed by atoms with E-state index in [0.29, 0.717) is 32.2 Å². The van der Waals surface area contributed by atoms with Crippen molar-refractivity contribution in [1.82, 2.24) is 5.32 Å². The van der Waals surface area contributed by atoms with Crippen LogP contribution in [0.1, 0.15) is 12.8 Å². The van der Waals surface area contributed by atoms with Gasteiger partial charge in [0.15, 0.2) is 0 Å². The van der Waals surface area contributed by atoms with E-state index >= 15 is 0 Å². The molecule has 0 rings (SSSR count). The predicted molar refractivity (Wildman–Crippen MR) is 53.3 cm³/mol. The minimum atomic E-state index is -0.653. The van der Waals surface area contributed by atoms with Crippen molar-refractivity contribution in [3.05, 3.63) is 0 Å². The Kier molecular flexibility index (Phi) is 6.91. The molecule has 14 heavy (non-hydrogen) atoms. The summed E-state index contributed by atoms with van der Waals surface area (Å²) in [6, 6.07) is -1.20. The number of nitrogens with two attached hydrogens (primary N) is 3. The average molecular weight is 202 g/mol. The number of amides is 1. The minimum Gasteiger partial charge on any atom is -0.345 e. The molecule has 0 unspecified atom stereocenters. The molecule has 0 aliphatic carbocycles. The number of carbonyl (C=O) groups excluding carboxylic acids is 2. The van der Waals surface area contributed by atoms with Crippen LogP contribution in [-0.2, 0) is 9.59 Å². The molecule has 6 heteroatoms. The van der Waals surface area contributed by atoms with Gasteiger partial charge in [0, 0.05) is 0 Å². The van der Waals surface area contributed by atoms with Gasteiger partial charge in [-0.25, -0.2) is 0 Å². The normalized spacial score (nSPS) is 14.5. The molecule has 0 heterocycles. The van der Waals surface area contributed by atoms with Crippen molar-refractivity contribution in [3.63, 3.8) is 0 Å². The lowest BCUT2D eigenvalue weighted by Gasteiger charge is -2.15. The van der Waals surface area contributed by atoms with Crippen molar-refractivity contribution in [2.75, 3.05) is 13.1 Å². The molecule has 0 saturated heterocycles. The summed E-state index contributed by atoms with van der Waals surface area (Å²) in [6.45, 7) is 0.688. The van der Waals surface area contributed by atoms with Crippen LogP contribution < -0.4 is 22.5 Å². The maximum Gasteiger partial charge on any atom is 0.237 e. The van der Waals surface area contributed by atoms with Crippen LogP contribution in [0.25, 0.3) is 0 Å². The number of rotatable bonds is 7. The van der Waals surface area contributed by atoms with Crippen LogP contribution in [0.5, 0.6) is 0 Å². The summed E-state index contributed by atoms with van der Waals surface area (Å²) in [5, 5.41) is 2.48. The molecule has 7 N–H and O–H groups in total. The molecule has 0 spiro atoms. The van der Waals surface area contributed by atoms with E-state index in [-0.39, 0.29) is 5.91 Å². The largest absolute Gasteiger partial charge is 0.345 e. The number of hydrogen-bond donors (Lipinski definition) is 4. The summed E-state index contributed by atoms with van der Waals surface area (Å²) in [7, 11) is 0. The summed E-state index contributed by atoms with van der Waals surface area (Å²) >= 11 is 0. The molecule has 0 aromatic heterocycles. The van der Waals surface area contributed by atoms with Crippen LogP contribution in [0.4, 0.5) is 0 Å². The Labute approximate surface area is 83.2 Å². The van der Waals surface area contributed by atoms with E-state index in [1.54, 1.807) is 0 Å². The topological polar surface area (TPSA) is 124 Å². The SMILES string of the molecule is NCC[C@@H](N)C(=O)N[C@@H](C=O)CCN. The van der Waals surface area contributed by atoms with Crippen molar-refractivity contribution < 1.29 is 9.59 Å². The second kappa shape index (κ2) is 7.43. The Morgan fingerprint density at radius 1 is 1.29 bits per heavy atom. The van der Waals surface area contributed by atoms with Crippen LogP contribution in [0.3, 0.4) is 0 Å². The Bertz CT molecular complexity index is 186. The molecule has 0 aromatic rings. The molecule has 2 atom stereocenters. The van der Waals surface area contributed by atoms with Gasteiger partial charge in [0.25, 0.3) is 0 Å². The van der Waals surface area contributed by atoms with Gasteiger partial charge < -0.3 is 27.3 Å². The van der Waals surface area contributed by atoms with Gasteiger partial charge >= 0.3 is 0 Å².